The minimum Gasteiger partial charge on any atom is -0.468 e. The average molecular weight is 302 g/mol. The summed E-state index contributed by atoms with van der Waals surface area (Å²) in [6.07, 6.45) is 6.07. The molecule has 0 amide bonds. The number of aromatic nitrogens is 3. The molecular weight excluding hydrogens is 293 g/mol. The van der Waals surface area contributed by atoms with Crippen molar-refractivity contribution in [2.45, 2.75) is 6.54 Å². The second kappa shape index (κ2) is 5.42. The first-order chi connectivity index (χ1) is 7.93. The number of aromatic amines is 1. The van der Waals surface area contributed by atoms with Gasteiger partial charge in [-0.25, -0.2) is 0 Å². The zero-order valence-electron chi connectivity index (χ0n) is 8.97. The Labute approximate surface area is 123 Å². The Morgan fingerprint density at radius 2 is 2.29 bits per heavy atom. The smallest absolute Gasteiger partial charge is 0.121 e. The molecule has 1 radical (unpaired) electrons. The first-order valence-electron chi connectivity index (χ1n) is 4.91. The van der Waals surface area contributed by atoms with E-state index in [1.807, 2.05) is 24.4 Å². The van der Waals surface area contributed by atoms with E-state index in [2.05, 4.69) is 26.6 Å². The van der Waals surface area contributed by atoms with Crippen LogP contribution in [-0.4, -0.2) is 15.0 Å². The van der Waals surface area contributed by atoms with Crippen LogP contribution in [0.15, 0.2) is 35.1 Å². The Morgan fingerprint density at radius 3 is 3.12 bits per heavy atom. The number of H-pyrrole nitrogens is 1. The van der Waals surface area contributed by atoms with Crippen LogP contribution in [-0.2, 0) is 39.3 Å². The zero-order chi connectivity index (χ0) is 10.8. The molecule has 0 saturated heterocycles. The summed E-state index contributed by atoms with van der Waals surface area (Å²) < 4.78 is 5.22. The van der Waals surface area contributed by atoms with Gasteiger partial charge in [-0.1, -0.05) is 11.5 Å². The zero-order valence-corrected chi connectivity index (χ0v) is 11.8. The van der Waals surface area contributed by atoms with Gasteiger partial charge >= 0.3 is 0 Å². The van der Waals surface area contributed by atoms with E-state index < -0.39 is 0 Å². The fraction of sp³-hybridized carbons (Fsp3) is 0.0909. The van der Waals surface area contributed by atoms with Gasteiger partial charge in [-0.2, -0.15) is 0 Å². The van der Waals surface area contributed by atoms with Crippen molar-refractivity contribution in [3.63, 3.8) is 0 Å². The molecule has 0 aliphatic heterocycles. The number of rotatable bonds is 3. The van der Waals surface area contributed by atoms with Gasteiger partial charge in [-0.3, -0.25) is 0 Å². The van der Waals surface area contributed by atoms with Crippen molar-refractivity contribution < 1.29 is 37.1 Å². The van der Waals surface area contributed by atoms with Crippen molar-refractivity contribution in [3.8, 4) is 0 Å². The van der Waals surface area contributed by atoms with Crippen LogP contribution in [0.3, 0.4) is 0 Å². The van der Waals surface area contributed by atoms with E-state index in [9.17, 15) is 0 Å². The number of nitrogens with one attached hydrogen (secondary N) is 2. The van der Waals surface area contributed by atoms with Gasteiger partial charge in [0.15, 0.2) is 0 Å². The summed E-state index contributed by atoms with van der Waals surface area (Å²) in [7, 11) is 0. The molecule has 2 N–H and O–H groups in total. The third kappa shape index (κ3) is 2.56. The van der Waals surface area contributed by atoms with Crippen molar-refractivity contribution in [1.29, 1.82) is 0 Å². The van der Waals surface area contributed by atoms with E-state index >= 15 is 0 Å². The third-order valence-corrected chi connectivity index (χ3v) is 2.31. The fourth-order valence-electron chi connectivity index (χ4n) is 1.55. The Balaban J connectivity index is 0.00000108. The number of fused-ring (bicyclic) bond motifs is 1. The summed E-state index contributed by atoms with van der Waals surface area (Å²) in [5.74, 6) is 1.62. The number of hydrogen-bond donors (Lipinski definition) is 2. The van der Waals surface area contributed by atoms with Gasteiger partial charge in [0.1, 0.15) is 5.76 Å². The van der Waals surface area contributed by atoms with Gasteiger partial charge < -0.3 is 24.7 Å². The quantitative estimate of drug-likeness (QED) is 0.726. The second-order valence-electron chi connectivity index (χ2n) is 3.35. The monoisotopic (exact) mass is 302 g/mol. The largest absolute Gasteiger partial charge is 0.468 e. The van der Waals surface area contributed by atoms with Crippen LogP contribution < -0.4 is 5.32 Å². The van der Waals surface area contributed by atoms with Crippen molar-refractivity contribution in [3.05, 3.63) is 42.7 Å². The predicted molar refractivity (Wildman–Crippen MR) is 58.8 cm³/mol. The van der Waals surface area contributed by atoms with Gasteiger partial charge in [-0.15, -0.1) is 0 Å². The van der Waals surface area contributed by atoms with Gasteiger partial charge in [0, 0.05) is 50.5 Å². The maximum atomic E-state index is 5.22. The van der Waals surface area contributed by atoms with E-state index in [-0.39, 0.29) is 32.7 Å². The number of anilines is 1. The predicted octanol–water partition coefficient (Wildman–Crippen LogP) is 1.96. The maximum absolute atomic E-state index is 5.22. The molecule has 3 aromatic rings. The number of hydrogen-bond acceptors (Lipinski definition) is 4. The van der Waals surface area contributed by atoms with Crippen LogP contribution in [0.1, 0.15) is 5.76 Å². The SMILES string of the molecule is [Y].[c-]1nc(NCc2ccco2)c2cc[nH]c2n1. The number of nitrogens with zero attached hydrogens (tertiary/aromatic N) is 2. The molecule has 0 fully saturated rings. The van der Waals surface area contributed by atoms with Crippen molar-refractivity contribution in [1.82, 2.24) is 15.0 Å². The molecule has 0 atom stereocenters. The van der Waals surface area contributed by atoms with Crippen molar-refractivity contribution in [2.75, 3.05) is 5.32 Å². The Kier molecular flexibility index (Phi) is 3.91. The molecule has 83 valence electrons. The minimum atomic E-state index is 0. The molecule has 17 heavy (non-hydrogen) atoms. The van der Waals surface area contributed by atoms with Crippen LogP contribution in [0.25, 0.3) is 11.0 Å². The van der Waals surface area contributed by atoms with Crippen LogP contribution in [0.2, 0.25) is 0 Å². The standard InChI is InChI=1S/C11H9N4O.Y/c1-2-8(16-5-1)6-13-11-9-3-4-12-10(9)14-7-15-11;/h1-5H,6H2,(H2,12,13,14,15);/q-1;. The molecule has 0 bridgehead atoms. The first-order valence-corrected chi connectivity index (χ1v) is 4.91. The molecule has 0 aromatic carbocycles. The van der Waals surface area contributed by atoms with Crippen molar-refractivity contribution in [2.24, 2.45) is 0 Å². The molecule has 0 aliphatic carbocycles. The van der Waals surface area contributed by atoms with Crippen LogP contribution in [0.4, 0.5) is 5.82 Å². The Hall–Kier alpha value is -1.20. The molecule has 6 heteroatoms. The Morgan fingerprint density at radius 1 is 1.35 bits per heavy atom. The van der Waals surface area contributed by atoms with E-state index in [0.29, 0.717) is 6.54 Å². The van der Waals surface area contributed by atoms with Crippen LogP contribution in [0.5, 0.6) is 0 Å². The Bertz CT molecular complexity index is 590. The molecule has 0 unspecified atom stereocenters. The van der Waals surface area contributed by atoms with Gasteiger partial charge in [0.25, 0.3) is 0 Å². The summed E-state index contributed by atoms with van der Waals surface area (Å²) in [6.45, 7) is 0.595. The summed E-state index contributed by atoms with van der Waals surface area (Å²) >= 11 is 0. The molecular formula is C11H9N4OY-. The first kappa shape index (κ1) is 12.3. The van der Waals surface area contributed by atoms with E-state index in [1.54, 1.807) is 6.26 Å². The summed E-state index contributed by atoms with van der Waals surface area (Å²) in [5.41, 5.74) is 0.775. The topological polar surface area (TPSA) is 66.7 Å². The molecule has 3 heterocycles. The van der Waals surface area contributed by atoms with E-state index in [0.717, 1.165) is 22.6 Å². The molecule has 5 nitrogen and oxygen atoms in total. The maximum Gasteiger partial charge on any atom is 0.121 e. The van der Waals surface area contributed by atoms with Crippen LogP contribution in [0, 0.1) is 6.33 Å². The van der Waals surface area contributed by atoms with Gasteiger partial charge in [0.05, 0.1) is 12.8 Å². The summed E-state index contributed by atoms with van der Waals surface area (Å²) in [4.78, 5) is 11.1. The summed E-state index contributed by atoms with van der Waals surface area (Å²) in [6, 6.07) is 5.69. The average Bonchev–Trinajstić information content (AvgIpc) is 2.97. The molecule has 3 aromatic heterocycles. The number of furan rings is 1. The fourth-order valence-corrected chi connectivity index (χ4v) is 1.55. The molecule has 0 aliphatic rings. The van der Waals surface area contributed by atoms with Crippen LogP contribution >= 0.6 is 0 Å². The van der Waals surface area contributed by atoms with Crippen molar-refractivity contribution >= 4 is 16.9 Å². The summed E-state index contributed by atoms with van der Waals surface area (Å²) in [5, 5.41) is 4.13. The molecule has 0 spiro atoms. The second-order valence-corrected chi connectivity index (χ2v) is 3.35. The third-order valence-electron chi connectivity index (χ3n) is 2.31. The van der Waals surface area contributed by atoms with E-state index in [4.69, 9.17) is 4.42 Å². The van der Waals surface area contributed by atoms with Gasteiger partial charge in [0.2, 0.25) is 0 Å². The molecule has 0 saturated carbocycles. The minimum absolute atomic E-state index is 0. The normalized spacial score (nSPS) is 10.1. The van der Waals surface area contributed by atoms with E-state index in [1.165, 1.54) is 0 Å². The van der Waals surface area contributed by atoms with Gasteiger partial charge in [-0.05, 0) is 18.3 Å². The molecule has 3 rings (SSSR count).